The lowest BCUT2D eigenvalue weighted by Crippen LogP contribution is -2.31. The van der Waals surface area contributed by atoms with Crippen molar-refractivity contribution in [2.45, 2.75) is 52.0 Å². The Hall–Kier alpha value is -2.17. The highest BCUT2D eigenvalue weighted by molar-refractivity contribution is 5.78. The Morgan fingerprint density at radius 2 is 2.08 bits per heavy atom. The SMILES string of the molecule is Cc1n[nH]c(C)c1[C@H](C)CC(=O)N1CCC[C@@H]1c1ccc(F)cc1. The van der Waals surface area contributed by atoms with E-state index in [1.807, 2.05) is 18.7 Å². The number of likely N-dealkylation sites (tertiary alicyclic amines) is 1. The Balaban J connectivity index is 1.73. The quantitative estimate of drug-likeness (QED) is 0.921. The van der Waals surface area contributed by atoms with Gasteiger partial charge in [0.15, 0.2) is 0 Å². The number of aromatic amines is 1. The van der Waals surface area contributed by atoms with Crippen LogP contribution in [0.5, 0.6) is 0 Å². The summed E-state index contributed by atoms with van der Waals surface area (Å²) < 4.78 is 13.1. The van der Waals surface area contributed by atoms with Crippen molar-refractivity contribution in [1.82, 2.24) is 15.1 Å². The molecule has 1 aliphatic heterocycles. The number of benzene rings is 1. The Morgan fingerprint density at radius 1 is 1.38 bits per heavy atom. The van der Waals surface area contributed by atoms with Crippen LogP contribution in [0.1, 0.15) is 60.7 Å². The number of halogens is 1. The molecule has 1 N–H and O–H groups in total. The molecule has 24 heavy (non-hydrogen) atoms. The van der Waals surface area contributed by atoms with Gasteiger partial charge in [-0.05, 0) is 55.9 Å². The summed E-state index contributed by atoms with van der Waals surface area (Å²) in [6.45, 7) is 6.81. The van der Waals surface area contributed by atoms with E-state index in [1.165, 1.54) is 12.1 Å². The van der Waals surface area contributed by atoms with Crippen LogP contribution < -0.4 is 0 Å². The van der Waals surface area contributed by atoms with Crippen LogP contribution in [0, 0.1) is 19.7 Å². The average Bonchev–Trinajstić information content (AvgIpc) is 3.15. The summed E-state index contributed by atoms with van der Waals surface area (Å²) in [5, 5.41) is 7.22. The molecular formula is C19H24FN3O. The van der Waals surface area contributed by atoms with E-state index in [4.69, 9.17) is 0 Å². The van der Waals surface area contributed by atoms with Crippen molar-refractivity contribution >= 4 is 5.91 Å². The molecular weight excluding hydrogens is 305 g/mol. The van der Waals surface area contributed by atoms with Gasteiger partial charge in [-0.1, -0.05) is 19.1 Å². The number of nitrogens with one attached hydrogen (secondary N) is 1. The third kappa shape index (κ3) is 3.21. The molecule has 1 aromatic carbocycles. The predicted octanol–water partition coefficient (Wildman–Crippen LogP) is 4.02. The van der Waals surface area contributed by atoms with Gasteiger partial charge in [-0.3, -0.25) is 9.89 Å². The average molecular weight is 329 g/mol. The van der Waals surface area contributed by atoms with Crippen molar-refractivity contribution in [3.8, 4) is 0 Å². The zero-order valence-corrected chi connectivity index (χ0v) is 14.5. The van der Waals surface area contributed by atoms with Crippen LogP contribution in [0.25, 0.3) is 0 Å². The van der Waals surface area contributed by atoms with Crippen molar-refractivity contribution in [3.05, 3.63) is 52.6 Å². The maximum Gasteiger partial charge on any atom is 0.223 e. The number of amides is 1. The van der Waals surface area contributed by atoms with E-state index in [9.17, 15) is 9.18 Å². The van der Waals surface area contributed by atoms with Gasteiger partial charge in [-0.25, -0.2) is 4.39 Å². The van der Waals surface area contributed by atoms with E-state index in [0.717, 1.165) is 41.9 Å². The number of carbonyl (C=O) groups excluding carboxylic acids is 1. The summed E-state index contributed by atoms with van der Waals surface area (Å²) in [6, 6.07) is 6.59. The molecule has 0 saturated carbocycles. The van der Waals surface area contributed by atoms with E-state index in [2.05, 4.69) is 17.1 Å². The summed E-state index contributed by atoms with van der Waals surface area (Å²) >= 11 is 0. The van der Waals surface area contributed by atoms with Crippen LogP contribution in [0.3, 0.4) is 0 Å². The van der Waals surface area contributed by atoms with Gasteiger partial charge in [0.1, 0.15) is 5.82 Å². The summed E-state index contributed by atoms with van der Waals surface area (Å²) in [5.74, 6) is 0.0502. The zero-order chi connectivity index (χ0) is 17.3. The van der Waals surface area contributed by atoms with Gasteiger partial charge in [0.05, 0.1) is 11.7 Å². The second-order valence-corrected chi connectivity index (χ2v) is 6.75. The molecule has 1 saturated heterocycles. The number of hydrogen-bond acceptors (Lipinski definition) is 2. The predicted molar refractivity (Wildman–Crippen MR) is 91.2 cm³/mol. The van der Waals surface area contributed by atoms with Crippen LogP contribution in [-0.2, 0) is 4.79 Å². The maximum absolute atomic E-state index is 13.1. The Bertz CT molecular complexity index is 703. The lowest BCUT2D eigenvalue weighted by molar-refractivity contribution is -0.132. The van der Waals surface area contributed by atoms with E-state index in [-0.39, 0.29) is 23.7 Å². The van der Waals surface area contributed by atoms with E-state index < -0.39 is 0 Å². The number of aromatic nitrogens is 2. The van der Waals surface area contributed by atoms with Gasteiger partial charge in [0, 0.05) is 18.7 Å². The van der Waals surface area contributed by atoms with Gasteiger partial charge in [0.25, 0.3) is 0 Å². The monoisotopic (exact) mass is 329 g/mol. The first-order chi connectivity index (χ1) is 11.5. The molecule has 2 heterocycles. The highest BCUT2D eigenvalue weighted by Gasteiger charge is 2.31. The van der Waals surface area contributed by atoms with Gasteiger partial charge in [-0.2, -0.15) is 5.10 Å². The molecule has 0 unspecified atom stereocenters. The first-order valence-electron chi connectivity index (χ1n) is 8.53. The highest BCUT2D eigenvalue weighted by Crippen LogP contribution is 2.34. The molecule has 1 aromatic heterocycles. The first kappa shape index (κ1) is 16.7. The van der Waals surface area contributed by atoms with Crippen LogP contribution in [-0.4, -0.2) is 27.5 Å². The fraction of sp³-hybridized carbons (Fsp3) is 0.474. The fourth-order valence-corrected chi connectivity index (χ4v) is 3.86. The molecule has 0 spiro atoms. The smallest absolute Gasteiger partial charge is 0.223 e. The van der Waals surface area contributed by atoms with Crippen molar-refractivity contribution in [3.63, 3.8) is 0 Å². The number of nitrogens with zero attached hydrogens (tertiary/aromatic N) is 2. The van der Waals surface area contributed by atoms with E-state index in [1.54, 1.807) is 12.1 Å². The van der Waals surface area contributed by atoms with E-state index in [0.29, 0.717) is 6.42 Å². The minimum atomic E-state index is -0.242. The van der Waals surface area contributed by atoms with Gasteiger partial charge in [0.2, 0.25) is 5.91 Å². The number of hydrogen-bond donors (Lipinski definition) is 1. The lowest BCUT2D eigenvalue weighted by Gasteiger charge is -2.26. The van der Waals surface area contributed by atoms with Crippen molar-refractivity contribution in [1.29, 1.82) is 0 Å². The second-order valence-electron chi connectivity index (χ2n) is 6.75. The Morgan fingerprint density at radius 3 is 2.71 bits per heavy atom. The van der Waals surface area contributed by atoms with Crippen molar-refractivity contribution in [2.24, 2.45) is 0 Å². The van der Waals surface area contributed by atoms with Crippen LogP contribution >= 0.6 is 0 Å². The second kappa shape index (κ2) is 6.75. The van der Waals surface area contributed by atoms with Crippen LogP contribution in [0.2, 0.25) is 0 Å². The maximum atomic E-state index is 13.1. The molecule has 1 aliphatic rings. The van der Waals surface area contributed by atoms with Gasteiger partial charge >= 0.3 is 0 Å². The normalized spacial score (nSPS) is 18.8. The van der Waals surface area contributed by atoms with Crippen molar-refractivity contribution < 1.29 is 9.18 Å². The lowest BCUT2D eigenvalue weighted by atomic mass is 9.95. The molecule has 0 aliphatic carbocycles. The molecule has 4 nitrogen and oxygen atoms in total. The zero-order valence-electron chi connectivity index (χ0n) is 14.5. The Kier molecular flexibility index (Phi) is 4.69. The summed E-state index contributed by atoms with van der Waals surface area (Å²) in [4.78, 5) is 14.8. The minimum Gasteiger partial charge on any atom is -0.336 e. The summed E-state index contributed by atoms with van der Waals surface area (Å²) in [7, 11) is 0. The molecule has 1 amide bonds. The highest BCUT2D eigenvalue weighted by atomic mass is 19.1. The third-order valence-electron chi connectivity index (χ3n) is 4.99. The van der Waals surface area contributed by atoms with Crippen molar-refractivity contribution in [2.75, 3.05) is 6.54 Å². The standard InChI is InChI=1S/C19H24FN3O/c1-12(19-13(2)21-22-14(19)3)11-18(24)23-10-4-5-17(23)15-6-8-16(20)9-7-15/h6-9,12,17H,4-5,10-11H2,1-3H3,(H,21,22)/t12-,17-/m1/s1. The summed E-state index contributed by atoms with van der Waals surface area (Å²) in [5.41, 5.74) is 4.15. The molecule has 128 valence electrons. The number of H-pyrrole nitrogens is 1. The molecule has 0 radical (unpaired) electrons. The summed E-state index contributed by atoms with van der Waals surface area (Å²) in [6.07, 6.45) is 2.40. The number of rotatable bonds is 4. The minimum absolute atomic E-state index is 0.0665. The van der Waals surface area contributed by atoms with Crippen LogP contribution in [0.4, 0.5) is 4.39 Å². The molecule has 2 atom stereocenters. The Labute approximate surface area is 142 Å². The van der Waals surface area contributed by atoms with E-state index >= 15 is 0 Å². The molecule has 5 heteroatoms. The molecule has 0 bridgehead atoms. The number of carbonyl (C=O) groups is 1. The molecule has 3 rings (SSSR count). The van der Waals surface area contributed by atoms with Gasteiger partial charge in [-0.15, -0.1) is 0 Å². The fourth-order valence-electron chi connectivity index (χ4n) is 3.86. The first-order valence-corrected chi connectivity index (χ1v) is 8.53. The third-order valence-corrected chi connectivity index (χ3v) is 4.99. The molecule has 2 aromatic rings. The van der Waals surface area contributed by atoms with Crippen LogP contribution in [0.15, 0.2) is 24.3 Å². The topological polar surface area (TPSA) is 49.0 Å². The van der Waals surface area contributed by atoms with Gasteiger partial charge < -0.3 is 4.90 Å². The largest absolute Gasteiger partial charge is 0.336 e. The molecule has 1 fully saturated rings. The number of aryl methyl sites for hydroxylation is 2.